The first-order valence-corrected chi connectivity index (χ1v) is 12.6. The molecule has 3 aliphatic rings. The molecule has 190 valence electrons. The Labute approximate surface area is 210 Å². The number of likely N-dealkylation sites (tertiary alicyclic amines) is 1. The monoisotopic (exact) mass is 492 g/mol. The average molecular weight is 493 g/mol. The fourth-order valence-corrected chi connectivity index (χ4v) is 6.15. The van der Waals surface area contributed by atoms with Gasteiger partial charge in [-0.3, -0.25) is 24.6 Å². The highest BCUT2D eigenvalue weighted by molar-refractivity contribution is 6.09. The molecule has 4 unspecified atom stereocenters. The highest BCUT2D eigenvalue weighted by Gasteiger charge is 2.67. The molecule has 2 aliphatic heterocycles. The average Bonchev–Trinajstić information content (AvgIpc) is 3.36. The van der Waals surface area contributed by atoms with Crippen LogP contribution in [0.1, 0.15) is 56.2 Å². The number of carbonyl (C=O) groups excluding carboxylic acids is 2. The van der Waals surface area contributed by atoms with Crippen LogP contribution in [0.3, 0.4) is 0 Å². The second-order valence-electron chi connectivity index (χ2n) is 10.1. The smallest absolute Gasteiger partial charge is 0.324 e. The van der Waals surface area contributed by atoms with E-state index in [0.29, 0.717) is 17.1 Å². The number of ether oxygens (including phenoxy) is 2. The van der Waals surface area contributed by atoms with Gasteiger partial charge in [0, 0.05) is 17.6 Å². The minimum Gasteiger partial charge on any atom is -0.493 e. The Morgan fingerprint density at radius 1 is 1.06 bits per heavy atom. The first-order valence-electron chi connectivity index (χ1n) is 12.6. The zero-order valence-electron chi connectivity index (χ0n) is 20.6. The van der Waals surface area contributed by atoms with E-state index in [9.17, 15) is 19.5 Å². The summed E-state index contributed by atoms with van der Waals surface area (Å²) in [7, 11) is 1.54. The molecule has 2 amide bonds. The van der Waals surface area contributed by atoms with Crippen LogP contribution in [-0.4, -0.2) is 46.5 Å². The lowest BCUT2D eigenvalue weighted by molar-refractivity contribution is -0.151. The molecule has 36 heavy (non-hydrogen) atoms. The number of imide groups is 1. The number of fused-ring (bicyclic) bond motifs is 1. The summed E-state index contributed by atoms with van der Waals surface area (Å²) < 4.78 is 11.8. The quantitative estimate of drug-likeness (QED) is 0.568. The van der Waals surface area contributed by atoms with Crippen LogP contribution in [0, 0.1) is 11.8 Å². The fourth-order valence-electron chi connectivity index (χ4n) is 6.15. The van der Waals surface area contributed by atoms with Gasteiger partial charge in [0.05, 0.1) is 18.9 Å². The summed E-state index contributed by atoms with van der Waals surface area (Å²) in [6.07, 6.45) is 4.54. The van der Waals surface area contributed by atoms with Crippen molar-refractivity contribution in [2.45, 2.75) is 63.3 Å². The van der Waals surface area contributed by atoms with Crippen molar-refractivity contribution in [3.8, 4) is 11.5 Å². The SMILES string of the molecule is COc1cccc(C2NC(C)(C(=O)O)C3C(=O)N(C4CCCCC4)C(=O)C23)c1OCc1ccccc1. The molecule has 1 saturated carbocycles. The predicted octanol–water partition coefficient (Wildman–Crippen LogP) is 3.70. The first kappa shape index (κ1) is 24.3. The molecule has 2 N–H and O–H groups in total. The number of hydrogen-bond acceptors (Lipinski definition) is 6. The molecular formula is C28H32N2O6. The van der Waals surface area contributed by atoms with E-state index in [1.54, 1.807) is 12.1 Å². The number of rotatable bonds is 7. The summed E-state index contributed by atoms with van der Waals surface area (Å²) >= 11 is 0. The highest BCUT2D eigenvalue weighted by Crippen LogP contribution is 2.52. The van der Waals surface area contributed by atoms with Gasteiger partial charge in [-0.05, 0) is 31.4 Å². The molecule has 8 nitrogen and oxygen atoms in total. The number of para-hydroxylation sites is 1. The number of methoxy groups -OCH3 is 1. The molecule has 5 rings (SSSR count). The van der Waals surface area contributed by atoms with E-state index in [-0.39, 0.29) is 24.5 Å². The van der Waals surface area contributed by atoms with Gasteiger partial charge >= 0.3 is 5.97 Å². The van der Waals surface area contributed by atoms with Crippen LogP contribution in [0.5, 0.6) is 11.5 Å². The van der Waals surface area contributed by atoms with Gasteiger partial charge in [0.2, 0.25) is 11.8 Å². The summed E-state index contributed by atoms with van der Waals surface area (Å²) in [6.45, 7) is 1.78. The Hall–Kier alpha value is -3.39. The Balaban J connectivity index is 1.55. The van der Waals surface area contributed by atoms with Crippen molar-refractivity contribution in [1.82, 2.24) is 10.2 Å². The molecule has 1 aliphatic carbocycles. The van der Waals surface area contributed by atoms with Crippen LogP contribution < -0.4 is 14.8 Å². The van der Waals surface area contributed by atoms with Gasteiger partial charge in [-0.2, -0.15) is 0 Å². The number of carboxylic acids is 1. The van der Waals surface area contributed by atoms with Crippen molar-refractivity contribution in [3.63, 3.8) is 0 Å². The van der Waals surface area contributed by atoms with Crippen molar-refractivity contribution in [3.05, 3.63) is 59.7 Å². The fraction of sp³-hybridized carbons (Fsp3) is 0.464. The van der Waals surface area contributed by atoms with Crippen LogP contribution in [-0.2, 0) is 21.0 Å². The molecular weight excluding hydrogens is 460 g/mol. The van der Waals surface area contributed by atoms with Crippen molar-refractivity contribution < 1.29 is 29.0 Å². The van der Waals surface area contributed by atoms with Crippen molar-refractivity contribution in [2.75, 3.05) is 7.11 Å². The van der Waals surface area contributed by atoms with Crippen LogP contribution in [0.25, 0.3) is 0 Å². The Morgan fingerprint density at radius 2 is 1.78 bits per heavy atom. The number of nitrogens with zero attached hydrogens (tertiary/aromatic N) is 1. The van der Waals surface area contributed by atoms with E-state index >= 15 is 0 Å². The van der Waals surface area contributed by atoms with E-state index in [2.05, 4.69) is 5.32 Å². The molecule has 2 saturated heterocycles. The van der Waals surface area contributed by atoms with Crippen LogP contribution in [0.4, 0.5) is 0 Å². The van der Waals surface area contributed by atoms with Crippen LogP contribution in [0.15, 0.2) is 48.5 Å². The standard InChI is InChI=1S/C28H32N2O6/c1-28(27(33)34)22-21(25(31)30(26(22)32)18-12-7-4-8-13-18)23(29-28)19-14-9-15-20(35-2)24(19)36-16-17-10-5-3-6-11-17/h3,5-6,9-11,14-15,18,21-23,29H,4,7-8,12-13,16H2,1-2H3,(H,33,34). The van der Waals surface area contributed by atoms with Crippen LogP contribution >= 0.6 is 0 Å². The molecule has 8 heteroatoms. The van der Waals surface area contributed by atoms with Crippen LogP contribution in [0.2, 0.25) is 0 Å². The lowest BCUT2D eigenvalue weighted by Gasteiger charge is -2.33. The summed E-state index contributed by atoms with van der Waals surface area (Å²) in [5.74, 6) is -2.75. The summed E-state index contributed by atoms with van der Waals surface area (Å²) in [6, 6.07) is 14.1. The second-order valence-corrected chi connectivity index (χ2v) is 10.1. The summed E-state index contributed by atoms with van der Waals surface area (Å²) in [4.78, 5) is 41.4. The first-order chi connectivity index (χ1) is 17.4. The molecule has 0 aromatic heterocycles. The predicted molar refractivity (Wildman–Crippen MR) is 131 cm³/mol. The maximum absolute atomic E-state index is 13.8. The van der Waals surface area contributed by atoms with Crippen molar-refractivity contribution in [1.29, 1.82) is 0 Å². The lowest BCUT2D eigenvalue weighted by atomic mass is 9.80. The number of nitrogens with one attached hydrogen (secondary N) is 1. The van der Waals surface area contributed by atoms with E-state index in [0.717, 1.165) is 37.7 Å². The number of carbonyl (C=O) groups is 3. The largest absolute Gasteiger partial charge is 0.493 e. The van der Waals surface area contributed by atoms with Crippen molar-refractivity contribution >= 4 is 17.8 Å². The molecule has 2 heterocycles. The molecule has 4 atom stereocenters. The maximum Gasteiger partial charge on any atom is 0.324 e. The summed E-state index contributed by atoms with van der Waals surface area (Å²) in [5.41, 5.74) is -0.0277. The number of amides is 2. The normalized spacial score (nSPS) is 28.3. The molecule has 2 aromatic rings. The van der Waals surface area contributed by atoms with Gasteiger partial charge in [0.15, 0.2) is 11.5 Å². The number of carboxylic acid groups (broad SMARTS) is 1. The van der Waals surface area contributed by atoms with Gasteiger partial charge < -0.3 is 14.6 Å². The zero-order chi connectivity index (χ0) is 25.4. The van der Waals surface area contributed by atoms with E-state index in [1.165, 1.54) is 18.9 Å². The Kier molecular flexibility index (Phi) is 6.47. The van der Waals surface area contributed by atoms with E-state index in [4.69, 9.17) is 9.47 Å². The highest BCUT2D eigenvalue weighted by atomic mass is 16.5. The van der Waals surface area contributed by atoms with Gasteiger partial charge in [-0.15, -0.1) is 0 Å². The Bertz CT molecular complexity index is 1160. The number of aliphatic carboxylic acids is 1. The Morgan fingerprint density at radius 3 is 2.44 bits per heavy atom. The number of hydrogen-bond donors (Lipinski definition) is 2. The minimum absolute atomic E-state index is 0.165. The zero-order valence-corrected chi connectivity index (χ0v) is 20.6. The second kappa shape index (κ2) is 9.58. The third kappa shape index (κ3) is 3.93. The van der Waals surface area contributed by atoms with E-state index < -0.39 is 29.4 Å². The molecule has 0 bridgehead atoms. The minimum atomic E-state index is -1.59. The molecule has 3 fully saturated rings. The third-order valence-corrected chi connectivity index (χ3v) is 8.00. The molecule has 0 radical (unpaired) electrons. The molecule has 2 aromatic carbocycles. The van der Waals surface area contributed by atoms with Crippen molar-refractivity contribution in [2.24, 2.45) is 11.8 Å². The number of benzene rings is 2. The third-order valence-electron chi connectivity index (χ3n) is 8.00. The summed E-state index contributed by atoms with van der Waals surface area (Å²) in [5, 5.41) is 13.4. The maximum atomic E-state index is 13.8. The van der Waals surface area contributed by atoms with Gasteiger partial charge in [0.1, 0.15) is 12.1 Å². The van der Waals surface area contributed by atoms with E-state index in [1.807, 2.05) is 36.4 Å². The molecule has 0 spiro atoms. The van der Waals surface area contributed by atoms with Gasteiger partial charge in [0.25, 0.3) is 0 Å². The van der Waals surface area contributed by atoms with Gasteiger partial charge in [-0.25, -0.2) is 0 Å². The topological polar surface area (TPSA) is 105 Å². The van der Waals surface area contributed by atoms with Gasteiger partial charge in [-0.1, -0.05) is 61.7 Å². The lowest BCUT2D eigenvalue weighted by Crippen LogP contribution is -2.54.